The Kier molecular flexibility index (Phi) is 5.51. The largest absolute Gasteiger partial charge is 0.365 e. The number of hydrogen-bond donors (Lipinski definition) is 2. The van der Waals surface area contributed by atoms with Gasteiger partial charge in [0.05, 0.1) is 11.3 Å². The lowest BCUT2D eigenvalue weighted by Crippen LogP contribution is -2.23. The van der Waals surface area contributed by atoms with Gasteiger partial charge in [-0.05, 0) is 36.6 Å². The van der Waals surface area contributed by atoms with Gasteiger partial charge in [0.25, 0.3) is 5.91 Å². The Hall–Kier alpha value is -1.49. The summed E-state index contributed by atoms with van der Waals surface area (Å²) in [5.74, 6) is 0.618. The van der Waals surface area contributed by atoms with Crippen molar-refractivity contribution < 1.29 is 4.79 Å². The number of unbranched alkanes of at least 4 members (excludes halogenated alkanes) is 1. The molecule has 0 saturated carbocycles. The average Bonchev–Trinajstić information content (AvgIpc) is 2.94. The Morgan fingerprint density at radius 3 is 2.55 bits per heavy atom. The van der Waals surface area contributed by atoms with Gasteiger partial charge < -0.3 is 5.73 Å². The summed E-state index contributed by atoms with van der Waals surface area (Å²) < 4.78 is 1.96. The number of aryl methyl sites for hydroxylation is 1. The van der Waals surface area contributed by atoms with Gasteiger partial charge in [0, 0.05) is 10.6 Å². The molecule has 1 aromatic heterocycles. The molecule has 1 aromatic rings. The first-order chi connectivity index (χ1) is 10.6. The van der Waals surface area contributed by atoms with E-state index in [4.69, 9.17) is 11.1 Å². The Morgan fingerprint density at radius 1 is 1.27 bits per heavy atom. The molecule has 2 heterocycles. The van der Waals surface area contributed by atoms with Gasteiger partial charge in [-0.2, -0.15) is 0 Å². The number of nitrogens with zero attached hydrogens (tertiary/aromatic N) is 1. The van der Waals surface area contributed by atoms with Gasteiger partial charge in [0.2, 0.25) is 0 Å². The number of hydrogen-bond acceptors (Lipinski definition) is 3. The van der Waals surface area contributed by atoms with Crippen LogP contribution in [0.2, 0.25) is 0 Å². The number of primary amides is 1. The van der Waals surface area contributed by atoms with Crippen LogP contribution in [0.3, 0.4) is 0 Å². The van der Waals surface area contributed by atoms with Crippen molar-refractivity contribution in [1.29, 1.82) is 5.41 Å². The van der Waals surface area contributed by atoms with E-state index >= 15 is 0 Å². The van der Waals surface area contributed by atoms with Crippen LogP contribution in [-0.2, 0) is 17.6 Å². The van der Waals surface area contributed by atoms with Gasteiger partial charge in [-0.1, -0.05) is 33.6 Å². The summed E-state index contributed by atoms with van der Waals surface area (Å²) in [4.78, 5) is 12.7. The third-order valence-corrected chi connectivity index (χ3v) is 4.92. The zero-order valence-corrected chi connectivity index (χ0v) is 14.5. The summed E-state index contributed by atoms with van der Waals surface area (Å²) in [6.07, 6.45) is 5.26. The van der Waals surface area contributed by atoms with E-state index in [9.17, 15) is 4.79 Å². The first kappa shape index (κ1) is 16.9. The molecule has 0 saturated heterocycles. The molecule has 0 fully saturated rings. The zero-order valence-electron chi connectivity index (χ0n) is 13.7. The maximum Gasteiger partial charge on any atom is 0.253 e. The van der Waals surface area contributed by atoms with E-state index < -0.39 is 5.91 Å². The predicted octanol–water partition coefficient (Wildman–Crippen LogP) is 3.57. The molecule has 1 aliphatic rings. The van der Waals surface area contributed by atoms with Crippen LogP contribution in [0.15, 0.2) is 11.6 Å². The van der Waals surface area contributed by atoms with Crippen molar-refractivity contribution in [3.63, 3.8) is 0 Å². The highest BCUT2D eigenvalue weighted by atomic mass is 32.2. The Bertz CT molecular complexity index is 628. The van der Waals surface area contributed by atoms with Gasteiger partial charge in [0.1, 0.15) is 5.84 Å². The molecule has 3 N–H and O–H groups in total. The van der Waals surface area contributed by atoms with Crippen molar-refractivity contribution in [2.24, 2.45) is 5.73 Å². The van der Waals surface area contributed by atoms with Gasteiger partial charge in [0.15, 0.2) is 0 Å². The maximum absolute atomic E-state index is 11.8. The third-order valence-electron chi connectivity index (χ3n) is 3.93. The molecule has 4 nitrogen and oxygen atoms in total. The number of nitrogens with one attached hydrogen (secondary N) is 1. The third kappa shape index (κ3) is 2.86. The summed E-state index contributed by atoms with van der Waals surface area (Å²) in [5.41, 5.74) is 9.40. The van der Waals surface area contributed by atoms with Crippen LogP contribution in [0.25, 0.3) is 4.91 Å². The summed E-state index contributed by atoms with van der Waals surface area (Å²) in [7, 11) is 0. The lowest BCUT2D eigenvalue weighted by atomic mass is 10.1. The lowest BCUT2D eigenvalue weighted by molar-refractivity contribution is -0.114. The molecule has 5 heteroatoms. The summed E-state index contributed by atoms with van der Waals surface area (Å²) in [5, 5.41) is 8.44. The highest BCUT2D eigenvalue weighted by Crippen LogP contribution is 2.40. The highest BCUT2D eigenvalue weighted by molar-refractivity contribution is 8.08. The minimum atomic E-state index is -0.497. The number of thioether (sulfide) groups is 1. The summed E-state index contributed by atoms with van der Waals surface area (Å²) >= 11 is 1.60. The van der Waals surface area contributed by atoms with E-state index in [-0.39, 0.29) is 5.84 Å². The predicted molar refractivity (Wildman–Crippen MR) is 94.4 cm³/mol. The molecule has 0 bridgehead atoms. The molecule has 0 aromatic carbocycles. The fraction of sp³-hybridized carbons (Fsp3) is 0.529. The van der Waals surface area contributed by atoms with Crippen LogP contribution in [0.5, 0.6) is 0 Å². The second-order valence-electron chi connectivity index (χ2n) is 5.54. The normalized spacial score (nSPS) is 13.9. The number of carbonyl (C=O) groups is 1. The topological polar surface area (TPSA) is 71.9 Å². The first-order valence-corrected chi connectivity index (χ1v) is 9.05. The standard InChI is InChI=1S/C17H25N3OS/c1-4-7-9-12-11(8-5-2)10-13-15(22-6-3)14(17(19)21)16(18)20(12)13/h10,18H,4-9H2,1-3H3,(H2,19,21). The Morgan fingerprint density at radius 2 is 2.00 bits per heavy atom. The molecular formula is C17H25N3OS. The number of rotatable bonds is 8. The van der Waals surface area contributed by atoms with Crippen molar-refractivity contribution in [2.75, 3.05) is 5.75 Å². The zero-order chi connectivity index (χ0) is 16.3. The Labute approximate surface area is 136 Å². The van der Waals surface area contributed by atoms with E-state index in [1.165, 1.54) is 11.3 Å². The van der Waals surface area contributed by atoms with Crippen LogP contribution >= 0.6 is 11.8 Å². The molecule has 120 valence electrons. The van der Waals surface area contributed by atoms with Crippen molar-refractivity contribution in [3.05, 3.63) is 28.6 Å². The maximum atomic E-state index is 11.8. The minimum absolute atomic E-state index is 0.256. The molecule has 0 atom stereocenters. The van der Waals surface area contributed by atoms with E-state index in [0.29, 0.717) is 5.57 Å². The second-order valence-corrected chi connectivity index (χ2v) is 6.81. The summed E-state index contributed by atoms with van der Waals surface area (Å²) in [6, 6.07) is 2.16. The van der Waals surface area contributed by atoms with Gasteiger partial charge >= 0.3 is 0 Å². The molecular weight excluding hydrogens is 294 g/mol. The van der Waals surface area contributed by atoms with Crippen molar-refractivity contribution in [2.45, 2.75) is 52.9 Å². The van der Waals surface area contributed by atoms with Crippen LogP contribution in [0.4, 0.5) is 0 Å². The quantitative estimate of drug-likeness (QED) is 0.769. The van der Waals surface area contributed by atoms with Gasteiger partial charge in [-0.25, -0.2) is 0 Å². The van der Waals surface area contributed by atoms with E-state index in [1.54, 1.807) is 11.8 Å². The number of nitrogens with two attached hydrogens (primary N) is 1. The van der Waals surface area contributed by atoms with Crippen molar-refractivity contribution >= 4 is 28.4 Å². The second kappa shape index (κ2) is 7.18. The molecule has 1 aliphatic heterocycles. The Balaban J connectivity index is 2.56. The average molecular weight is 319 g/mol. The number of amides is 1. The molecule has 0 unspecified atom stereocenters. The van der Waals surface area contributed by atoms with Crippen LogP contribution in [-0.4, -0.2) is 22.1 Å². The molecule has 1 amide bonds. The van der Waals surface area contributed by atoms with Gasteiger partial charge in [-0.15, -0.1) is 11.8 Å². The van der Waals surface area contributed by atoms with E-state index in [2.05, 4.69) is 26.8 Å². The molecule has 0 aliphatic carbocycles. The monoisotopic (exact) mass is 319 g/mol. The van der Waals surface area contributed by atoms with Crippen LogP contribution in [0, 0.1) is 5.41 Å². The molecule has 2 rings (SSSR count). The lowest BCUT2D eigenvalue weighted by Gasteiger charge is -2.10. The van der Waals surface area contributed by atoms with E-state index in [1.807, 2.05) is 4.57 Å². The van der Waals surface area contributed by atoms with Crippen LogP contribution < -0.4 is 5.73 Å². The number of fused-ring (bicyclic) bond motifs is 1. The van der Waals surface area contributed by atoms with Crippen molar-refractivity contribution in [1.82, 2.24) is 4.57 Å². The fourth-order valence-electron chi connectivity index (χ4n) is 2.99. The summed E-state index contributed by atoms with van der Waals surface area (Å²) in [6.45, 7) is 6.39. The van der Waals surface area contributed by atoms with E-state index in [0.717, 1.165) is 48.5 Å². The van der Waals surface area contributed by atoms with Crippen LogP contribution in [0.1, 0.15) is 57.0 Å². The molecule has 22 heavy (non-hydrogen) atoms. The SMILES string of the molecule is CCCCc1c(CCC)cc2n1C(=N)C(C(N)=O)=C2SCC. The molecule has 0 radical (unpaired) electrons. The minimum Gasteiger partial charge on any atom is -0.365 e. The fourth-order valence-corrected chi connectivity index (χ4v) is 3.92. The first-order valence-electron chi connectivity index (χ1n) is 8.06. The number of carbonyl (C=O) groups excluding carboxylic acids is 1. The molecule has 0 spiro atoms. The highest BCUT2D eigenvalue weighted by Gasteiger charge is 2.33. The van der Waals surface area contributed by atoms with Gasteiger partial charge in [-0.3, -0.25) is 14.8 Å². The smallest absolute Gasteiger partial charge is 0.253 e. The van der Waals surface area contributed by atoms with Crippen molar-refractivity contribution in [3.8, 4) is 0 Å². The number of aromatic nitrogens is 1.